The Morgan fingerprint density at radius 2 is 1.97 bits per heavy atom. The second kappa shape index (κ2) is 12.7. The molecule has 3 aliphatic rings. The van der Waals surface area contributed by atoms with Gasteiger partial charge in [0.1, 0.15) is 18.8 Å². The van der Waals surface area contributed by atoms with Gasteiger partial charge in [0.25, 0.3) is 0 Å². The van der Waals surface area contributed by atoms with E-state index in [1.165, 1.54) is 13.3 Å². The van der Waals surface area contributed by atoms with Crippen molar-refractivity contribution in [3.8, 4) is 0 Å². The molecule has 0 aromatic carbocycles. The van der Waals surface area contributed by atoms with Gasteiger partial charge in [-0.3, -0.25) is 14.4 Å². The van der Waals surface area contributed by atoms with Crippen molar-refractivity contribution in [2.24, 2.45) is 17.8 Å². The van der Waals surface area contributed by atoms with Crippen molar-refractivity contribution in [3.05, 3.63) is 23.3 Å². The molecule has 0 bridgehead atoms. The number of carbonyl (C=O) groups excluding carboxylic acids is 3. The lowest BCUT2D eigenvalue weighted by atomic mass is 9.79. The maximum atomic E-state index is 13.0. The third kappa shape index (κ3) is 7.17. The summed E-state index contributed by atoms with van der Waals surface area (Å²) in [6, 6.07) is 0. The number of esters is 3. The molecule has 0 spiro atoms. The zero-order valence-corrected chi connectivity index (χ0v) is 21.5. The molecule has 1 N–H and O–H groups in total. The topological polar surface area (TPSA) is 102 Å². The van der Waals surface area contributed by atoms with Crippen LogP contribution in [0, 0.1) is 17.8 Å². The minimum absolute atomic E-state index is 0.0794. The minimum Gasteiger partial charge on any atom is -0.461 e. The third-order valence-electron chi connectivity index (χ3n) is 7.46. The van der Waals surface area contributed by atoms with Crippen molar-refractivity contribution < 1.29 is 33.7 Å². The molecule has 2 heterocycles. The summed E-state index contributed by atoms with van der Waals surface area (Å²) in [6.07, 6.45) is 6.31. The number of hydrogen-bond acceptors (Lipinski definition) is 8. The van der Waals surface area contributed by atoms with E-state index in [9.17, 15) is 19.5 Å². The van der Waals surface area contributed by atoms with E-state index in [2.05, 4.69) is 4.90 Å². The van der Waals surface area contributed by atoms with Crippen LogP contribution in [0.15, 0.2) is 23.3 Å². The van der Waals surface area contributed by atoms with E-state index < -0.39 is 36.1 Å². The number of fused-ring (bicyclic) bond motifs is 1. The van der Waals surface area contributed by atoms with Gasteiger partial charge in [0, 0.05) is 25.0 Å². The molecule has 196 valence electrons. The molecule has 0 amide bonds. The largest absolute Gasteiger partial charge is 0.461 e. The van der Waals surface area contributed by atoms with Gasteiger partial charge in [0.2, 0.25) is 0 Å². The molecule has 0 aromatic rings. The van der Waals surface area contributed by atoms with Crippen LogP contribution >= 0.6 is 0 Å². The Labute approximate surface area is 208 Å². The van der Waals surface area contributed by atoms with Gasteiger partial charge < -0.3 is 24.2 Å². The van der Waals surface area contributed by atoms with Gasteiger partial charge >= 0.3 is 17.9 Å². The fourth-order valence-electron chi connectivity index (χ4n) is 5.20. The van der Waals surface area contributed by atoms with E-state index in [-0.39, 0.29) is 24.5 Å². The number of piperidine rings is 1. The maximum Gasteiger partial charge on any atom is 0.311 e. The normalized spacial score (nSPS) is 33.9. The van der Waals surface area contributed by atoms with Crippen molar-refractivity contribution in [1.82, 2.24) is 4.90 Å². The van der Waals surface area contributed by atoms with Crippen LogP contribution in [-0.2, 0) is 28.6 Å². The molecule has 0 aromatic heterocycles. The van der Waals surface area contributed by atoms with Crippen LogP contribution in [0.1, 0.15) is 66.2 Å². The Morgan fingerprint density at radius 1 is 1.26 bits per heavy atom. The predicted octanol–water partition coefficient (Wildman–Crippen LogP) is 3.18. The molecule has 6 atom stereocenters. The monoisotopic (exact) mass is 491 g/mol. The first-order valence-electron chi connectivity index (χ1n) is 13.0. The summed E-state index contributed by atoms with van der Waals surface area (Å²) in [5.41, 5.74) is 1.59. The number of hydrogen-bond donors (Lipinski definition) is 1. The first-order chi connectivity index (χ1) is 16.7. The third-order valence-corrected chi connectivity index (χ3v) is 7.46. The summed E-state index contributed by atoms with van der Waals surface area (Å²) in [5, 5.41) is 11.7. The molecular weight excluding hydrogens is 450 g/mol. The highest BCUT2D eigenvalue weighted by Gasteiger charge is 2.51. The summed E-state index contributed by atoms with van der Waals surface area (Å²) in [5.74, 6) is -2.60. The second-order valence-electron chi connectivity index (χ2n) is 10.2. The molecule has 0 unspecified atom stereocenters. The summed E-state index contributed by atoms with van der Waals surface area (Å²) < 4.78 is 16.9. The molecule has 2 saturated heterocycles. The molecule has 0 saturated carbocycles. The number of allylic oxidation sites excluding steroid dienone is 2. The van der Waals surface area contributed by atoms with Crippen molar-refractivity contribution >= 4 is 17.9 Å². The average Bonchev–Trinajstić information content (AvgIpc) is 3.12. The van der Waals surface area contributed by atoms with E-state index in [0.29, 0.717) is 31.4 Å². The fourth-order valence-corrected chi connectivity index (χ4v) is 5.20. The summed E-state index contributed by atoms with van der Waals surface area (Å²) in [4.78, 5) is 39.7. The van der Waals surface area contributed by atoms with E-state index in [4.69, 9.17) is 14.2 Å². The second-order valence-corrected chi connectivity index (χ2v) is 10.2. The molecule has 2 fully saturated rings. The van der Waals surface area contributed by atoms with Gasteiger partial charge in [0.05, 0.1) is 11.8 Å². The quantitative estimate of drug-likeness (QED) is 0.329. The van der Waals surface area contributed by atoms with Crippen LogP contribution in [0.4, 0.5) is 0 Å². The van der Waals surface area contributed by atoms with Gasteiger partial charge in [0.15, 0.2) is 6.10 Å². The van der Waals surface area contributed by atoms with Crippen molar-refractivity contribution in [3.63, 3.8) is 0 Å². The Morgan fingerprint density at radius 3 is 2.63 bits per heavy atom. The number of rotatable bonds is 7. The van der Waals surface area contributed by atoms with Gasteiger partial charge in [-0.1, -0.05) is 31.9 Å². The Bertz CT molecular complexity index is 829. The van der Waals surface area contributed by atoms with Crippen molar-refractivity contribution in [2.45, 2.75) is 84.5 Å². The molecule has 2 aliphatic heterocycles. The van der Waals surface area contributed by atoms with Crippen molar-refractivity contribution in [1.29, 1.82) is 0 Å². The summed E-state index contributed by atoms with van der Waals surface area (Å²) >= 11 is 0. The standard InChI is InChI=1S/C27H41NO7/c1-5-18(3)26(31)33-16-20-11-9-10-17(2)14-22-23(24(30)25(20)34-19(4)29)21(27(32)35-22)15-28-12-7-6-8-13-28/h11,14,18,21-25,30H,5-10,12-13,15-16H2,1-4H3/b17-14+,20-11+/t18-,21+,22-,23+,24+,25-/m1/s1. The van der Waals surface area contributed by atoms with Crippen LogP contribution in [-0.4, -0.2) is 72.5 Å². The van der Waals surface area contributed by atoms with Crippen LogP contribution in [0.25, 0.3) is 0 Å². The lowest BCUT2D eigenvalue weighted by Crippen LogP contribution is -2.47. The fraction of sp³-hybridized carbons (Fsp3) is 0.741. The van der Waals surface area contributed by atoms with Crippen molar-refractivity contribution in [2.75, 3.05) is 26.2 Å². The SMILES string of the molecule is CC[C@@H](C)C(=O)OC/C1=C\CC/C(C)=C/[C@H]2OC(=O)[C@@H](CN3CCCCC3)[C@@H]2[C@H](O)[C@@H]1OC(C)=O. The smallest absolute Gasteiger partial charge is 0.311 e. The molecule has 35 heavy (non-hydrogen) atoms. The average molecular weight is 492 g/mol. The Kier molecular flexibility index (Phi) is 9.92. The number of ether oxygens (including phenoxy) is 3. The van der Waals surface area contributed by atoms with Crippen LogP contribution in [0.3, 0.4) is 0 Å². The van der Waals surface area contributed by atoms with Crippen LogP contribution in [0.5, 0.6) is 0 Å². The van der Waals surface area contributed by atoms with Gasteiger partial charge in [-0.15, -0.1) is 0 Å². The maximum absolute atomic E-state index is 13.0. The van der Waals surface area contributed by atoms with E-state index in [0.717, 1.165) is 31.5 Å². The van der Waals surface area contributed by atoms with E-state index >= 15 is 0 Å². The summed E-state index contributed by atoms with van der Waals surface area (Å²) in [7, 11) is 0. The van der Waals surface area contributed by atoms with E-state index in [1.54, 1.807) is 6.92 Å². The minimum atomic E-state index is -1.19. The highest BCUT2D eigenvalue weighted by Crippen LogP contribution is 2.38. The molecule has 3 rings (SSSR count). The number of likely N-dealkylation sites (tertiary alicyclic amines) is 1. The molecule has 0 radical (unpaired) electrons. The molecule has 8 heteroatoms. The number of aliphatic hydroxyl groups excluding tert-OH is 1. The van der Waals surface area contributed by atoms with E-state index in [1.807, 2.05) is 26.0 Å². The molecule has 8 nitrogen and oxygen atoms in total. The summed E-state index contributed by atoms with van der Waals surface area (Å²) in [6.45, 7) is 9.23. The number of nitrogens with zero attached hydrogens (tertiary/aromatic N) is 1. The van der Waals surface area contributed by atoms with Gasteiger partial charge in [-0.25, -0.2) is 0 Å². The molecule has 1 aliphatic carbocycles. The Hall–Kier alpha value is -2.19. The first kappa shape index (κ1) is 27.4. The highest BCUT2D eigenvalue weighted by atomic mass is 16.6. The highest BCUT2D eigenvalue weighted by molar-refractivity contribution is 5.76. The molecular formula is C27H41NO7. The predicted molar refractivity (Wildman–Crippen MR) is 130 cm³/mol. The lowest BCUT2D eigenvalue weighted by Gasteiger charge is -2.35. The zero-order valence-electron chi connectivity index (χ0n) is 21.5. The zero-order chi connectivity index (χ0) is 25.5. The lowest BCUT2D eigenvalue weighted by molar-refractivity contribution is -0.154. The van der Waals surface area contributed by atoms with Crippen LogP contribution in [0.2, 0.25) is 0 Å². The number of carbonyl (C=O) groups is 3. The first-order valence-corrected chi connectivity index (χ1v) is 13.0. The van der Waals surface area contributed by atoms with Gasteiger partial charge in [-0.2, -0.15) is 0 Å². The van der Waals surface area contributed by atoms with Gasteiger partial charge in [-0.05, 0) is 58.2 Å². The van der Waals surface area contributed by atoms with Crippen LogP contribution < -0.4 is 0 Å². The Balaban J connectivity index is 1.92. The number of aliphatic hydroxyl groups is 1.